The predicted octanol–water partition coefficient (Wildman–Crippen LogP) is 4.19. The van der Waals surface area contributed by atoms with Gasteiger partial charge in [0.15, 0.2) is 0 Å². The molecule has 0 N–H and O–H groups in total. The third-order valence-electron chi connectivity index (χ3n) is 2.99. The molecular formula is C9H2ClF13O3. The Kier molecular flexibility index (Phi) is 4.97. The van der Waals surface area contributed by atoms with Gasteiger partial charge in [-0.1, -0.05) is 0 Å². The Bertz CT molecular complexity index is 559. The molecular weight excluding hydrogens is 439 g/mol. The largest absolute Gasteiger partial charge is 0.540 e. The van der Waals surface area contributed by atoms with Crippen LogP contribution >= 0.6 is 11.6 Å². The molecule has 1 aliphatic carbocycles. The second kappa shape index (κ2) is 5.65. The van der Waals surface area contributed by atoms with E-state index in [0.29, 0.717) is 0 Å². The highest BCUT2D eigenvalue weighted by Gasteiger charge is 3.03. The number of hydrogen-bond donors (Lipinski definition) is 0. The average molecular weight is 441 g/mol. The minimum absolute atomic E-state index is 1.57. The van der Waals surface area contributed by atoms with Gasteiger partial charge in [0, 0.05) is 0 Å². The van der Waals surface area contributed by atoms with Crippen molar-refractivity contribution in [1.29, 1.82) is 0 Å². The van der Waals surface area contributed by atoms with Gasteiger partial charge in [-0.2, -0.15) is 48.3 Å². The smallest absolute Gasteiger partial charge is 0.376 e. The lowest BCUT2D eigenvalue weighted by Crippen LogP contribution is -2.84. The number of carbonyl (C=O) groups is 1. The van der Waals surface area contributed by atoms with Gasteiger partial charge in [-0.3, -0.25) is 4.79 Å². The van der Waals surface area contributed by atoms with Gasteiger partial charge in [0.1, 0.15) is 5.88 Å². The molecule has 0 aromatic heterocycles. The number of halogens is 14. The predicted molar refractivity (Wildman–Crippen MR) is 51.4 cm³/mol. The molecule has 154 valence electrons. The monoisotopic (exact) mass is 440 g/mol. The molecule has 0 aliphatic heterocycles. The van der Waals surface area contributed by atoms with Crippen LogP contribution in [0.25, 0.3) is 0 Å². The third kappa shape index (κ3) is 2.51. The maximum absolute atomic E-state index is 13.8. The molecule has 1 saturated carbocycles. The van der Waals surface area contributed by atoms with Gasteiger partial charge in [-0.25, -0.2) is 4.74 Å². The third-order valence-corrected chi connectivity index (χ3v) is 3.20. The Morgan fingerprint density at radius 1 is 0.731 bits per heavy atom. The molecule has 0 radical (unpaired) electrons. The quantitative estimate of drug-likeness (QED) is 0.285. The molecule has 0 spiro atoms. The summed E-state index contributed by atoms with van der Waals surface area (Å²) in [5, 5.41) is 0. The number of alkyl halides is 14. The van der Waals surface area contributed by atoms with Gasteiger partial charge >= 0.3 is 47.7 Å². The number of esters is 1. The molecule has 0 amide bonds. The Morgan fingerprint density at radius 3 is 1.35 bits per heavy atom. The number of ether oxygens (including phenoxy) is 2. The highest BCUT2D eigenvalue weighted by atomic mass is 35.5. The van der Waals surface area contributed by atoms with E-state index in [1.807, 2.05) is 4.74 Å². The van der Waals surface area contributed by atoms with Crippen LogP contribution < -0.4 is 0 Å². The molecule has 3 nitrogen and oxygen atoms in total. The number of rotatable bonds is 4. The van der Waals surface area contributed by atoms with Crippen molar-refractivity contribution in [3.05, 3.63) is 0 Å². The van der Waals surface area contributed by atoms with Crippen LogP contribution in [-0.4, -0.2) is 53.6 Å². The van der Waals surface area contributed by atoms with E-state index in [-0.39, 0.29) is 0 Å². The molecule has 0 saturated heterocycles. The van der Waals surface area contributed by atoms with Crippen molar-refractivity contribution in [2.75, 3.05) is 5.88 Å². The van der Waals surface area contributed by atoms with E-state index in [1.165, 1.54) is 0 Å². The van der Waals surface area contributed by atoms with E-state index in [2.05, 4.69) is 16.3 Å². The average Bonchev–Trinajstić information content (AvgIpc) is 2.43. The summed E-state index contributed by atoms with van der Waals surface area (Å²) in [6.07, 6.45) is -6.31. The van der Waals surface area contributed by atoms with Crippen LogP contribution in [0.15, 0.2) is 0 Å². The molecule has 0 aromatic carbocycles. The zero-order valence-electron chi connectivity index (χ0n) is 11.2. The van der Waals surface area contributed by atoms with Crippen molar-refractivity contribution in [1.82, 2.24) is 0 Å². The fraction of sp³-hybridized carbons (Fsp3) is 0.889. The summed E-state index contributed by atoms with van der Waals surface area (Å²) in [5.74, 6) is -49.6. The van der Waals surface area contributed by atoms with Crippen LogP contribution in [0.4, 0.5) is 57.1 Å². The highest BCUT2D eigenvalue weighted by molar-refractivity contribution is 6.26. The fourth-order valence-corrected chi connectivity index (χ4v) is 1.72. The van der Waals surface area contributed by atoms with Crippen LogP contribution in [0, 0.1) is 0 Å². The van der Waals surface area contributed by atoms with E-state index in [0.717, 1.165) is 0 Å². The number of carbonyl (C=O) groups excluding carboxylic acids is 1. The van der Waals surface area contributed by atoms with Gasteiger partial charge in [-0.15, -0.1) is 20.4 Å². The van der Waals surface area contributed by atoms with Crippen molar-refractivity contribution < 1.29 is 71.3 Å². The minimum Gasteiger partial charge on any atom is -0.376 e. The van der Waals surface area contributed by atoms with Crippen LogP contribution in [0.1, 0.15) is 0 Å². The van der Waals surface area contributed by atoms with Gasteiger partial charge in [-0.05, 0) is 0 Å². The standard InChI is InChI=1S/C9H2ClF13O3/c10-1-2(24)25-9(22,23)26-8(21)6(17,18)4(13,14)3(11,12)5(15,16)7(8,19)20/h1H2. The van der Waals surface area contributed by atoms with Crippen molar-refractivity contribution in [2.24, 2.45) is 0 Å². The van der Waals surface area contributed by atoms with E-state index in [1.54, 1.807) is 0 Å². The molecule has 26 heavy (non-hydrogen) atoms. The van der Waals surface area contributed by atoms with Crippen molar-refractivity contribution >= 4 is 17.6 Å². The highest BCUT2D eigenvalue weighted by Crippen LogP contribution is 2.70. The lowest BCUT2D eigenvalue weighted by Gasteiger charge is -2.51. The first kappa shape index (κ1) is 22.9. The second-order valence-electron chi connectivity index (χ2n) is 4.64. The normalized spacial score (nSPS) is 27.6. The van der Waals surface area contributed by atoms with Crippen molar-refractivity contribution in [2.45, 2.75) is 41.8 Å². The second-order valence-corrected chi connectivity index (χ2v) is 4.91. The first-order valence-electron chi connectivity index (χ1n) is 5.60. The first-order valence-corrected chi connectivity index (χ1v) is 6.13. The van der Waals surface area contributed by atoms with Crippen LogP contribution in [-0.2, 0) is 14.3 Å². The summed E-state index contributed by atoms with van der Waals surface area (Å²) in [4.78, 5) is 10.4. The van der Waals surface area contributed by atoms with Crippen molar-refractivity contribution in [3.8, 4) is 0 Å². The summed E-state index contributed by atoms with van der Waals surface area (Å²) in [5.41, 5.74) is 0. The number of hydrogen-bond acceptors (Lipinski definition) is 3. The lowest BCUT2D eigenvalue weighted by molar-refractivity contribution is -0.563. The summed E-state index contributed by atoms with van der Waals surface area (Å²) in [7, 11) is 0. The molecule has 17 heteroatoms. The minimum atomic E-state index is -7.66. The van der Waals surface area contributed by atoms with Gasteiger partial charge in [0.2, 0.25) is 0 Å². The lowest BCUT2D eigenvalue weighted by atomic mass is 9.78. The molecule has 0 atom stereocenters. The van der Waals surface area contributed by atoms with E-state index in [9.17, 15) is 61.9 Å². The van der Waals surface area contributed by atoms with Gasteiger partial charge in [0.05, 0.1) is 0 Å². The van der Waals surface area contributed by atoms with Crippen LogP contribution in [0.2, 0.25) is 0 Å². The first-order chi connectivity index (χ1) is 11.2. The summed E-state index contributed by atoms with van der Waals surface area (Å²) in [6.45, 7) is 0. The van der Waals surface area contributed by atoms with E-state index < -0.39 is 53.6 Å². The van der Waals surface area contributed by atoms with E-state index >= 15 is 0 Å². The molecule has 1 rings (SSSR count). The van der Waals surface area contributed by atoms with Gasteiger partial charge < -0.3 is 4.74 Å². The Balaban J connectivity index is 3.63. The maximum Gasteiger partial charge on any atom is 0.540 e. The SMILES string of the molecule is O=C(CCl)OC(F)(F)OC1(F)C(F)(F)C(F)(F)C(F)(F)C(F)(F)C1(F)F. The van der Waals surface area contributed by atoms with E-state index in [4.69, 9.17) is 0 Å². The Hall–Kier alpha value is -1.19. The summed E-state index contributed by atoms with van der Waals surface area (Å²) >= 11 is 4.58. The molecule has 1 fully saturated rings. The zero-order chi connectivity index (χ0) is 21.2. The Morgan fingerprint density at radius 2 is 1.04 bits per heavy atom. The van der Waals surface area contributed by atoms with Gasteiger partial charge in [0.25, 0.3) is 0 Å². The molecule has 0 unspecified atom stereocenters. The maximum atomic E-state index is 13.8. The molecule has 0 aromatic rings. The fourth-order valence-electron chi connectivity index (χ4n) is 1.67. The molecule has 1 aliphatic rings. The summed E-state index contributed by atoms with van der Waals surface area (Å²) in [6, 6.07) is 0. The van der Waals surface area contributed by atoms with Crippen LogP contribution in [0.5, 0.6) is 0 Å². The Labute approximate surface area is 137 Å². The van der Waals surface area contributed by atoms with Crippen molar-refractivity contribution in [3.63, 3.8) is 0 Å². The topological polar surface area (TPSA) is 35.5 Å². The summed E-state index contributed by atoms with van der Waals surface area (Å²) < 4.78 is 175. The zero-order valence-corrected chi connectivity index (χ0v) is 12.0. The molecule has 0 bridgehead atoms. The molecule has 0 heterocycles. The van der Waals surface area contributed by atoms with Crippen LogP contribution in [0.3, 0.4) is 0 Å².